The average molecular weight is 567 g/mol. The van der Waals surface area contributed by atoms with Crippen molar-refractivity contribution < 1.29 is 18.7 Å². The third kappa shape index (κ3) is 5.99. The summed E-state index contributed by atoms with van der Waals surface area (Å²) in [7, 11) is 0. The number of nitrogens with zero attached hydrogens (tertiary/aromatic N) is 5. The quantitative estimate of drug-likeness (QED) is 0.242. The fourth-order valence-corrected chi connectivity index (χ4v) is 4.39. The molecule has 3 N–H and O–H groups in total. The summed E-state index contributed by atoms with van der Waals surface area (Å²) in [6, 6.07) is 15.1. The summed E-state index contributed by atoms with van der Waals surface area (Å²) in [6.45, 7) is 2.49. The van der Waals surface area contributed by atoms with Crippen molar-refractivity contribution in [2.45, 2.75) is 19.8 Å². The van der Waals surface area contributed by atoms with Gasteiger partial charge in [0.15, 0.2) is 5.82 Å². The first-order valence-electron chi connectivity index (χ1n) is 13.2. The minimum Gasteiger partial charge on any atom is -0.350 e. The molecule has 6 rings (SSSR count). The lowest BCUT2D eigenvalue weighted by Crippen LogP contribution is -2.45. The van der Waals surface area contributed by atoms with Crippen molar-refractivity contribution in [3.05, 3.63) is 103 Å². The molecule has 0 atom stereocenters. The number of nitrogens with one attached hydrogen (secondary N) is 3. The lowest BCUT2D eigenvalue weighted by atomic mass is 9.91. The van der Waals surface area contributed by atoms with Gasteiger partial charge in [0, 0.05) is 36.9 Å². The van der Waals surface area contributed by atoms with Crippen LogP contribution in [0.3, 0.4) is 0 Å². The minimum atomic E-state index is -0.927. The van der Waals surface area contributed by atoms with Crippen molar-refractivity contribution in [2.24, 2.45) is 5.41 Å². The van der Waals surface area contributed by atoms with E-state index in [4.69, 9.17) is 14.5 Å². The maximum absolute atomic E-state index is 13.7. The first-order chi connectivity index (χ1) is 20.5. The fourth-order valence-electron chi connectivity index (χ4n) is 4.39. The number of hydrogen-bond acceptors (Lipinski definition) is 9. The molecule has 4 aromatic heterocycles. The van der Waals surface area contributed by atoms with Crippen molar-refractivity contribution in [1.29, 1.82) is 0 Å². The molecule has 1 saturated heterocycles. The first kappa shape index (κ1) is 27.1. The lowest BCUT2D eigenvalue weighted by Gasteiger charge is -2.35. The van der Waals surface area contributed by atoms with E-state index in [0.29, 0.717) is 46.7 Å². The molecule has 1 aliphatic heterocycles. The normalized spacial score (nSPS) is 18.4. The third-order valence-electron chi connectivity index (χ3n) is 6.75. The Morgan fingerprint density at radius 3 is 2.52 bits per heavy atom. The fraction of sp³-hybridized carbons (Fsp3) is 0.200. The van der Waals surface area contributed by atoms with Gasteiger partial charge in [-0.25, -0.2) is 19.3 Å². The molecule has 0 unspecified atom stereocenters. The number of rotatable bonds is 8. The molecule has 0 bridgehead atoms. The van der Waals surface area contributed by atoms with Crippen molar-refractivity contribution >= 4 is 17.5 Å². The van der Waals surface area contributed by atoms with Gasteiger partial charge in [-0.1, -0.05) is 0 Å². The summed E-state index contributed by atoms with van der Waals surface area (Å²) in [4.78, 5) is 38.1. The van der Waals surface area contributed by atoms with E-state index < -0.39 is 11.7 Å². The summed E-state index contributed by atoms with van der Waals surface area (Å²) < 4.78 is 25.8. The molecule has 1 fully saturated rings. The van der Waals surface area contributed by atoms with Gasteiger partial charge < -0.3 is 25.1 Å². The lowest BCUT2D eigenvalue weighted by molar-refractivity contribution is -0.229. The second-order valence-corrected chi connectivity index (χ2v) is 10.0. The highest BCUT2D eigenvalue weighted by molar-refractivity contribution is 5.95. The summed E-state index contributed by atoms with van der Waals surface area (Å²) in [5.74, 6) is 0.215. The van der Waals surface area contributed by atoms with Gasteiger partial charge in [0.1, 0.15) is 5.82 Å². The number of benzene rings is 1. The number of halogens is 1. The molecule has 5 heterocycles. The number of H-pyrrole nitrogens is 1. The molecule has 11 nitrogen and oxygen atoms in total. The van der Waals surface area contributed by atoms with E-state index in [0.717, 1.165) is 5.56 Å². The van der Waals surface area contributed by atoms with E-state index in [9.17, 15) is 9.18 Å². The second kappa shape index (κ2) is 11.8. The zero-order valence-corrected chi connectivity index (χ0v) is 22.6. The van der Waals surface area contributed by atoms with Crippen LogP contribution in [-0.4, -0.2) is 49.0 Å². The standard InChI is InChI=1S/C30H27FN8O3/c1-30(28(40)36-22-3-2-11-33-16-22)17-41-27(42-18-30)26-38-24(20-4-6-21(31)7-5-20)25(39-26)23-10-14-34-29(37-23)35-15-19-8-12-32-13-9-19/h2-14,16,27H,15,17-18H2,1H3,(H,36,40)(H,38,39)(H,34,35,37). The zero-order chi connectivity index (χ0) is 28.9. The molecule has 0 radical (unpaired) electrons. The Morgan fingerprint density at radius 2 is 1.79 bits per heavy atom. The third-order valence-corrected chi connectivity index (χ3v) is 6.75. The van der Waals surface area contributed by atoms with Crippen molar-refractivity contribution in [3.8, 4) is 22.6 Å². The number of hydrogen-bond donors (Lipinski definition) is 3. The average Bonchev–Trinajstić information content (AvgIpc) is 3.47. The first-order valence-corrected chi connectivity index (χ1v) is 13.2. The van der Waals surface area contributed by atoms with Crippen LogP contribution < -0.4 is 10.6 Å². The number of pyridine rings is 2. The Hall–Kier alpha value is -5.07. The number of aromatic nitrogens is 6. The SMILES string of the molecule is CC1(C(=O)Nc2cccnc2)COC(c2nc(-c3ccc(F)cc3)c(-c3ccnc(NCc4ccncc4)n3)[nH]2)OC1. The Labute approximate surface area is 240 Å². The van der Waals surface area contributed by atoms with Gasteiger partial charge in [-0.2, -0.15) is 0 Å². The zero-order valence-electron chi connectivity index (χ0n) is 22.6. The van der Waals surface area contributed by atoms with Crippen molar-refractivity contribution in [3.63, 3.8) is 0 Å². The van der Waals surface area contributed by atoms with E-state index in [2.05, 4.69) is 35.6 Å². The molecule has 0 saturated carbocycles. The highest BCUT2D eigenvalue weighted by atomic mass is 19.1. The maximum Gasteiger partial charge on any atom is 0.235 e. The van der Waals surface area contributed by atoms with Gasteiger partial charge in [0.2, 0.25) is 18.1 Å². The molecule has 5 aromatic rings. The Balaban J connectivity index is 1.24. The van der Waals surface area contributed by atoms with Crippen LogP contribution in [0, 0.1) is 11.2 Å². The molecule has 42 heavy (non-hydrogen) atoms. The molecule has 212 valence electrons. The Kier molecular flexibility index (Phi) is 7.62. The molecular weight excluding hydrogens is 539 g/mol. The number of carbonyl (C=O) groups is 1. The predicted molar refractivity (Wildman–Crippen MR) is 152 cm³/mol. The van der Waals surface area contributed by atoms with Gasteiger partial charge in [-0.3, -0.25) is 14.8 Å². The van der Waals surface area contributed by atoms with Crippen molar-refractivity contribution in [2.75, 3.05) is 23.8 Å². The molecular formula is C30H27FN8O3. The largest absolute Gasteiger partial charge is 0.350 e. The van der Waals surface area contributed by atoms with Crippen LogP contribution in [0.5, 0.6) is 0 Å². The molecule has 1 aliphatic rings. The highest BCUT2D eigenvalue weighted by Crippen LogP contribution is 2.36. The van der Waals surface area contributed by atoms with Crippen LogP contribution in [0.2, 0.25) is 0 Å². The smallest absolute Gasteiger partial charge is 0.235 e. The second-order valence-electron chi connectivity index (χ2n) is 10.0. The van der Waals surface area contributed by atoms with E-state index in [1.807, 2.05) is 12.1 Å². The minimum absolute atomic E-state index is 0.0995. The van der Waals surface area contributed by atoms with Crippen LogP contribution in [0.4, 0.5) is 16.0 Å². The number of ether oxygens (including phenoxy) is 2. The van der Waals surface area contributed by atoms with Gasteiger partial charge in [0.25, 0.3) is 0 Å². The maximum atomic E-state index is 13.7. The number of carbonyl (C=O) groups excluding carboxylic acids is 1. The number of imidazole rings is 1. The van der Waals surface area contributed by atoms with E-state index in [-0.39, 0.29) is 24.9 Å². The van der Waals surface area contributed by atoms with Gasteiger partial charge in [-0.05, 0) is 67.1 Å². The number of amides is 1. The van der Waals surface area contributed by atoms with Crippen LogP contribution in [0.15, 0.2) is 85.6 Å². The van der Waals surface area contributed by atoms with E-state index in [1.54, 1.807) is 68.2 Å². The molecule has 0 aliphatic carbocycles. The van der Waals surface area contributed by atoms with Gasteiger partial charge in [-0.15, -0.1) is 0 Å². The van der Waals surface area contributed by atoms with Crippen molar-refractivity contribution in [1.82, 2.24) is 29.9 Å². The van der Waals surface area contributed by atoms with Crippen LogP contribution in [0.25, 0.3) is 22.6 Å². The topological polar surface area (TPSA) is 140 Å². The molecule has 1 amide bonds. The summed E-state index contributed by atoms with van der Waals surface area (Å²) in [6.07, 6.45) is 7.44. The van der Waals surface area contributed by atoms with Crippen LogP contribution in [-0.2, 0) is 20.8 Å². The van der Waals surface area contributed by atoms with Gasteiger partial charge in [0.05, 0.1) is 47.6 Å². The predicted octanol–water partition coefficient (Wildman–Crippen LogP) is 4.77. The number of aromatic amines is 1. The summed E-state index contributed by atoms with van der Waals surface area (Å²) in [5.41, 5.74) is 3.06. The molecule has 0 spiro atoms. The molecule has 1 aromatic carbocycles. The van der Waals surface area contributed by atoms with E-state index >= 15 is 0 Å². The highest BCUT2D eigenvalue weighted by Gasteiger charge is 2.41. The summed E-state index contributed by atoms with van der Waals surface area (Å²) >= 11 is 0. The van der Waals surface area contributed by atoms with Crippen LogP contribution >= 0.6 is 0 Å². The number of anilines is 2. The monoisotopic (exact) mass is 566 g/mol. The Bertz CT molecular complexity index is 1660. The van der Waals surface area contributed by atoms with E-state index in [1.165, 1.54) is 12.1 Å². The van der Waals surface area contributed by atoms with Crippen LogP contribution in [0.1, 0.15) is 24.6 Å². The van der Waals surface area contributed by atoms with Gasteiger partial charge >= 0.3 is 0 Å². The summed E-state index contributed by atoms with van der Waals surface area (Å²) in [5, 5.41) is 6.07. The molecule has 12 heteroatoms. The Morgan fingerprint density at radius 1 is 1.00 bits per heavy atom.